The van der Waals surface area contributed by atoms with Crippen LogP contribution in [0.4, 0.5) is 11.4 Å². The number of aliphatic imine (C=N–C) groups is 1. The van der Waals surface area contributed by atoms with Gasteiger partial charge in [-0.05, 0) is 35.4 Å². The van der Waals surface area contributed by atoms with Gasteiger partial charge in [0.15, 0.2) is 0 Å². The number of nitrogens with one attached hydrogen (secondary N) is 1. The van der Waals surface area contributed by atoms with Crippen molar-refractivity contribution in [2.45, 2.75) is 25.9 Å². The molecule has 0 bridgehead atoms. The van der Waals surface area contributed by atoms with Crippen LogP contribution in [0.15, 0.2) is 71.4 Å². The van der Waals surface area contributed by atoms with E-state index in [0.717, 1.165) is 49.2 Å². The summed E-state index contributed by atoms with van der Waals surface area (Å²) in [5.74, 6) is 0.0905. The lowest BCUT2D eigenvalue weighted by Gasteiger charge is -2.28. The molecule has 0 fully saturated rings. The topological polar surface area (TPSA) is 101 Å². The molecule has 2 aliphatic rings. The summed E-state index contributed by atoms with van der Waals surface area (Å²) in [6.07, 6.45) is 5.42. The third kappa shape index (κ3) is 4.79. The van der Waals surface area contributed by atoms with Crippen molar-refractivity contribution in [3.8, 4) is 0 Å². The molecule has 0 radical (unpaired) electrons. The molecule has 3 heterocycles. The average Bonchev–Trinajstić information content (AvgIpc) is 3.01. The van der Waals surface area contributed by atoms with Crippen LogP contribution in [-0.4, -0.2) is 34.5 Å². The third-order valence-corrected chi connectivity index (χ3v) is 6.06. The van der Waals surface area contributed by atoms with Crippen molar-refractivity contribution in [1.82, 2.24) is 9.88 Å². The van der Waals surface area contributed by atoms with Crippen molar-refractivity contribution >= 4 is 35.5 Å². The van der Waals surface area contributed by atoms with Crippen molar-refractivity contribution in [1.29, 1.82) is 0 Å². The highest BCUT2D eigenvalue weighted by atomic mass is 16.1. The van der Waals surface area contributed by atoms with Crippen LogP contribution in [0.25, 0.3) is 6.08 Å². The maximum absolute atomic E-state index is 13.0. The number of amides is 1. The number of aromatic nitrogens is 1. The Labute approximate surface area is 198 Å². The number of fused-ring (bicyclic) bond motifs is 2. The smallest absolute Gasteiger partial charge is 0.255 e. The molecule has 0 spiro atoms. The Morgan fingerprint density at radius 1 is 1.15 bits per heavy atom. The Balaban J connectivity index is 1.32. The summed E-state index contributed by atoms with van der Waals surface area (Å²) in [6.45, 7) is 2.63. The zero-order valence-electron chi connectivity index (χ0n) is 18.7. The van der Waals surface area contributed by atoms with Crippen LogP contribution in [0.5, 0.6) is 0 Å². The summed E-state index contributed by atoms with van der Waals surface area (Å²) in [4.78, 5) is 35.5. The van der Waals surface area contributed by atoms with Crippen molar-refractivity contribution in [3.63, 3.8) is 0 Å². The van der Waals surface area contributed by atoms with E-state index >= 15 is 0 Å². The number of carbonyl (C=O) groups is 2. The number of hydrogen-bond acceptors (Lipinski definition) is 6. The van der Waals surface area contributed by atoms with Gasteiger partial charge < -0.3 is 11.1 Å². The van der Waals surface area contributed by atoms with E-state index < -0.39 is 0 Å². The Bertz CT molecular complexity index is 1310. The minimum absolute atomic E-state index is 0.251. The van der Waals surface area contributed by atoms with Crippen LogP contribution in [0.1, 0.15) is 39.2 Å². The van der Waals surface area contributed by atoms with Gasteiger partial charge in [0.05, 0.1) is 17.6 Å². The first kappa shape index (κ1) is 21.7. The molecule has 2 aliphatic heterocycles. The van der Waals surface area contributed by atoms with Crippen molar-refractivity contribution in [3.05, 3.63) is 94.3 Å². The number of aldehydes is 1. The summed E-state index contributed by atoms with van der Waals surface area (Å²) in [5, 5.41) is 2.96. The molecule has 2 aromatic carbocycles. The molecule has 1 aromatic heterocycles. The maximum atomic E-state index is 13.0. The second-order valence-electron chi connectivity index (χ2n) is 8.62. The lowest BCUT2D eigenvalue weighted by Crippen LogP contribution is -2.30. The number of pyridine rings is 1. The van der Waals surface area contributed by atoms with E-state index in [1.807, 2.05) is 12.1 Å². The van der Waals surface area contributed by atoms with Crippen LogP contribution < -0.4 is 11.1 Å². The second kappa shape index (κ2) is 9.41. The molecule has 0 saturated heterocycles. The van der Waals surface area contributed by atoms with E-state index in [-0.39, 0.29) is 5.91 Å². The van der Waals surface area contributed by atoms with Gasteiger partial charge in [-0.15, -0.1) is 0 Å². The van der Waals surface area contributed by atoms with Gasteiger partial charge in [-0.1, -0.05) is 36.4 Å². The number of hydrogen-bond donors (Lipinski definition) is 2. The number of nitrogens with zero attached hydrogens (tertiary/aromatic N) is 3. The Morgan fingerprint density at radius 2 is 2.00 bits per heavy atom. The highest BCUT2D eigenvalue weighted by molar-refractivity contribution is 6.06. The number of carbonyl (C=O) groups excluding carboxylic acids is 2. The quantitative estimate of drug-likeness (QED) is 0.574. The van der Waals surface area contributed by atoms with Gasteiger partial charge in [0.25, 0.3) is 5.91 Å². The molecule has 0 aliphatic carbocycles. The van der Waals surface area contributed by atoms with Gasteiger partial charge in [0, 0.05) is 54.9 Å². The summed E-state index contributed by atoms with van der Waals surface area (Å²) >= 11 is 0. The molecular weight excluding hydrogens is 426 g/mol. The minimum atomic E-state index is -0.251. The fourth-order valence-corrected chi connectivity index (χ4v) is 4.37. The largest absolute Gasteiger partial charge is 0.387 e. The molecule has 7 nitrogen and oxygen atoms in total. The summed E-state index contributed by atoms with van der Waals surface area (Å²) in [7, 11) is 0. The van der Waals surface area contributed by atoms with E-state index in [0.29, 0.717) is 34.8 Å². The molecule has 3 aromatic rings. The monoisotopic (exact) mass is 451 g/mol. The Hall–Kier alpha value is -4.10. The van der Waals surface area contributed by atoms with Crippen LogP contribution >= 0.6 is 0 Å². The third-order valence-electron chi connectivity index (χ3n) is 6.06. The molecule has 0 atom stereocenters. The van der Waals surface area contributed by atoms with Gasteiger partial charge in [-0.3, -0.25) is 19.5 Å². The fraction of sp³-hybridized carbons (Fsp3) is 0.185. The Morgan fingerprint density at radius 3 is 2.82 bits per heavy atom. The minimum Gasteiger partial charge on any atom is -0.387 e. The normalized spacial score (nSPS) is 15.3. The molecule has 5 rings (SSSR count). The highest BCUT2D eigenvalue weighted by Crippen LogP contribution is 2.28. The number of rotatable bonds is 5. The zero-order chi connectivity index (χ0) is 23.5. The molecule has 34 heavy (non-hydrogen) atoms. The first-order chi connectivity index (χ1) is 16.6. The van der Waals surface area contributed by atoms with Gasteiger partial charge in [-0.2, -0.15) is 0 Å². The predicted octanol–water partition coefficient (Wildman–Crippen LogP) is 3.87. The molecule has 1 amide bonds. The van der Waals surface area contributed by atoms with Crippen LogP contribution in [0.2, 0.25) is 0 Å². The predicted molar refractivity (Wildman–Crippen MR) is 133 cm³/mol. The van der Waals surface area contributed by atoms with Crippen LogP contribution in [0, 0.1) is 0 Å². The number of nitrogens with two attached hydrogens (primary N) is 1. The van der Waals surface area contributed by atoms with E-state index in [9.17, 15) is 9.59 Å². The van der Waals surface area contributed by atoms with Crippen molar-refractivity contribution in [2.24, 2.45) is 10.7 Å². The van der Waals surface area contributed by atoms with Crippen molar-refractivity contribution in [2.75, 3.05) is 11.9 Å². The van der Waals surface area contributed by atoms with E-state index in [1.54, 1.807) is 30.5 Å². The number of anilines is 1. The standard InChI is InChI=1S/C27H25N5O2/c28-26-11-19(17-33)10-20-6-7-21(13-25(20)31-26)27(34)30-23-12-22-16-32(9-8-24(22)29-14-23)15-18-4-2-1-3-5-18/h1-7,10,12-14,17H,8-9,11,15-16H2,(H2,28,31)(H,30,34). The van der Waals surface area contributed by atoms with E-state index in [2.05, 4.69) is 44.5 Å². The van der Waals surface area contributed by atoms with Crippen LogP contribution in [-0.2, 0) is 24.3 Å². The SMILES string of the molecule is NC1=Nc2cc(C(=O)Nc3cnc4c(c3)CN(Cc3ccccc3)CC4)ccc2C=C(C=O)C1. The second-order valence-corrected chi connectivity index (χ2v) is 8.62. The van der Waals surface area contributed by atoms with Gasteiger partial charge in [-0.25, -0.2) is 4.99 Å². The summed E-state index contributed by atoms with van der Waals surface area (Å²) in [6, 6.07) is 17.6. The van der Waals surface area contributed by atoms with Gasteiger partial charge in [0.2, 0.25) is 0 Å². The van der Waals surface area contributed by atoms with Gasteiger partial charge >= 0.3 is 0 Å². The Kier molecular flexibility index (Phi) is 6.01. The van der Waals surface area contributed by atoms with Crippen LogP contribution in [0.3, 0.4) is 0 Å². The summed E-state index contributed by atoms with van der Waals surface area (Å²) < 4.78 is 0. The van der Waals surface area contributed by atoms with E-state index in [1.165, 1.54) is 5.56 Å². The first-order valence-electron chi connectivity index (χ1n) is 11.3. The first-order valence-corrected chi connectivity index (χ1v) is 11.3. The molecule has 7 heteroatoms. The molecule has 0 unspecified atom stereocenters. The average molecular weight is 452 g/mol. The lowest BCUT2D eigenvalue weighted by molar-refractivity contribution is -0.104. The zero-order valence-corrected chi connectivity index (χ0v) is 18.7. The highest BCUT2D eigenvalue weighted by Gasteiger charge is 2.19. The molecule has 0 saturated carbocycles. The van der Waals surface area contributed by atoms with Gasteiger partial charge in [0.1, 0.15) is 12.1 Å². The number of benzene rings is 2. The fourth-order valence-electron chi connectivity index (χ4n) is 4.37. The molecule has 3 N–H and O–H groups in total. The molecule has 170 valence electrons. The number of amidine groups is 1. The summed E-state index contributed by atoms with van der Waals surface area (Å²) in [5.41, 5.74) is 12.4. The molecular formula is C27H25N5O2. The van der Waals surface area contributed by atoms with E-state index in [4.69, 9.17) is 5.73 Å². The maximum Gasteiger partial charge on any atom is 0.255 e. The van der Waals surface area contributed by atoms with Crippen molar-refractivity contribution < 1.29 is 9.59 Å². The lowest BCUT2D eigenvalue weighted by atomic mass is 10.0.